The van der Waals surface area contributed by atoms with Gasteiger partial charge in [0, 0.05) is 30.4 Å². The Bertz CT molecular complexity index is 1510. The number of benzene rings is 1. The van der Waals surface area contributed by atoms with Crippen molar-refractivity contribution in [1.82, 2.24) is 39.3 Å². The van der Waals surface area contributed by atoms with E-state index in [2.05, 4.69) is 67.0 Å². The monoisotopic (exact) mass is 466 g/mol. The molecule has 0 radical (unpaired) electrons. The summed E-state index contributed by atoms with van der Waals surface area (Å²) in [5.41, 5.74) is 5.75. The zero-order chi connectivity index (χ0) is 23.9. The summed E-state index contributed by atoms with van der Waals surface area (Å²) in [4.78, 5) is 23.0. The van der Waals surface area contributed by atoms with Gasteiger partial charge in [-0.25, -0.2) is 29.6 Å². The number of fused-ring (bicyclic) bond motifs is 1. The second-order valence-corrected chi connectivity index (χ2v) is 8.88. The topological polar surface area (TPSA) is 96.4 Å². The number of methoxy groups -OCH3 is 1. The molecule has 4 aromatic heterocycles. The lowest BCUT2D eigenvalue weighted by molar-refractivity contribution is 0.397. The van der Waals surface area contributed by atoms with Gasteiger partial charge < -0.3 is 9.30 Å². The Labute approximate surface area is 202 Å². The van der Waals surface area contributed by atoms with Crippen LogP contribution in [0.4, 0.5) is 0 Å². The Morgan fingerprint density at radius 3 is 2.60 bits per heavy atom. The van der Waals surface area contributed by atoms with Crippen LogP contribution in [0.2, 0.25) is 0 Å². The maximum absolute atomic E-state index is 5.54. The number of hydrogen-bond acceptors (Lipinski definition) is 7. The van der Waals surface area contributed by atoms with Gasteiger partial charge in [0.15, 0.2) is 11.5 Å². The Kier molecular flexibility index (Phi) is 5.24. The summed E-state index contributed by atoms with van der Waals surface area (Å²) >= 11 is 0. The van der Waals surface area contributed by atoms with Crippen LogP contribution in [0, 0.1) is 6.92 Å². The van der Waals surface area contributed by atoms with Crippen molar-refractivity contribution < 1.29 is 4.74 Å². The molecule has 9 heteroatoms. The van der Waals surface area contributed by atoms with Crippen LogP contribution in [0.15, 0.2) is 49.2 Å². The Balaban J connectivity index is 1.33. The van der Waals surface area contributed by atoms with Crippen molar-refractivity contribution in [2.24, 2.45) is 0 Å². The first-order valence-corrected chi connectivity index (χ1v) is 11.9. The van der Waals surface area contributed by atoms with Crippen LogP contribution in [0.25, 0.3) is 33.8 Å². The molecule has 6 rings (SSSR count). The zero-order valence-corrected chi connectivity index (χ0v) is 20.0. The zero-order valence-electron chi connectivity index (χ0n) is 20.0. The van der Waals surface area contributed by atoms with Crippen molar-refractivity contribution in [2.45, 2.75) is 45.7 Å². The summed E-state index contributed by atoms with van der Waals surface area (Å²) in [5, 5.41) is 5.47. The van der Waals surface area contributed by atoms with Crippen molar-refractivity contribution in [3.05, 3.63) is 66.1 Å². The van der Waals surface area contributed by atoms with Gasteiger partial charge in [-0.1, -0.05) is 24.3 Å². The number of aromatic nitrogens is 8. The van der Waals surface area contributed by atoms with E-state index in [9.17, 15) is 0 Å². The smallest absolute Gasteiger partial charge is 0.227 e. The van der Waals surface area contributed by atoms with Gasteiger partial charge in [-0.3, -0.25) is 0 Å². The van der Waals surface area contributed by atoms with E-state index in [0.717, 1.165) is 64.3 Å². The summed E-state index contributed by atoms with van der Waals surface area (Å²) in [6.07, 6.45) is 9.46. The highest BCUT2D eigenvalue weighted by Gasteiger charge is 2.31. The van der Waals surface area contributed by atoms with Crippen LogP contribution in [0.1, 0.15) is 42.6 Å². The second kappa shape index (κ2) is 8.57. The summed E-state index contributed by atoms with van der Waals surface area (Å²) in [6.45, 7) is 5.63. The minimum Gasteiger partial charge on any atom is -0.480 e. The Morgan fingerprint density at radius 1 is 1.03 bits per heavy atom. The minimum atomic E-state index is 0.414. The van der Waals surface area contributed by atoms with Crippen LogP contribution in [0.3, 0.4) is 0 Å². The molecule has 0 atom stereocenters. The van der Waals surface area contributed by atoms with Crippen molar-refractivity contribution in [1.29, 1.82) is 0 Å². The summed E-state index contributed by atoms with van der Waals surface area (Å²) < 4.78 is 9.61. The average Bonchev–Trinajstić information content (AvgIpc) is 3.57. The summed E-state index contributed by atoms with van der Waals surface area (Å²) in [6, 6.07) is 8.47. The van der Waals surface area contributed by atoms with Gasteiger partial charge in [0.25, 0.3) is 0 Å². The van der Waals surface area contributed by atoms with Gasteiger partial charge in [0.2, 0.25) is 5.88 Å². The molecule has 0 N–H and O–H groups in total. The maximum Gasteiger partial charge on any atom is 0.227 e. The van der Waals surface area contributed by atoms with Crippen molar-refractivity contribution in [3.63, 3.8) is 0 Å². The first-order chi connectivity index (χ1) is 17.1. The molecule has 4 heterocycles. The Morgan fingerprint density at radius 2 is 1.86 bits per heavy atom. The molecule has 1 saturated carbocycles. The predicted molar refractivity (Wildman–Crippen MR) is 132 cm³/mol. The number of rotatable bonds is 7. The van der Waals surface area contributed by atoms with Gasteiger partial charge in [0.1, 0.15) is 17.7 Å². The van der Waals surface area contributed by atoms with Crippen LogP contribution >= 0.6 is 0 Å². The van der Waals surface area contributed by atoms with E-state index < -0.39 is 0 Å². The third-order valence-electron chi connectivity index (χ3n) is 6.38. The van der Waals surface area contributed by atoms with Crippen LogP contribution in [0.5, 0.6) is 5.88 Å². The van der Waals surface area contributed by atoms with Gasteiger partial charge in [-0.15, -0.1) is 0 Å². The molecule has 0 spiro atoms. The van der Waals surface area contributed by atoms with E-state index in [-0.39, 0.29) is 0 Å². The van der Waals surface area contributed by atoms with E-state index in [0.29, 0.717) is 24.2 Å². The highest BCUT2D eigenvalue weighted by Crippen LogP contribution is 2.44. The van der Waals surface area contributed by atoms with Crippen molar-refractivity contribution in [3.8, 4) is 28.7 Å². The molecule has 35 heavy (non-hydrogen) atoms. The molecule has 0 bridgehead atoms. The molecule has 176 valence electrons. The quantitative estimate of drug-likeness (QED) is 0.350. The molecule has 0 amide bonds. The fourth-order valence-corrected chi connectivity index (χ4v) is 4.47. The first kappa shape index (κ1) is 21.4. The normalized spacial score (nSPS) is 13.5. The third-order valence-corrected chi connectivity index (χ3v) is 6.38. The SMILES string of the molecule is CCn1cc(C)nc1-c1ccc(Cn2ncc3cnc(-c4c(OC)ncnc4C4CC4)nc32)cc1. The molecule has 0 unspecified atom stereocenters. The lowest BCUT2D eigenvalue weighted by atomic mass is 10.1. The number of nitrogens with zero attached hydrogens (tertiary/aromatic N) is 8. The van der Waals surface area contributed by atoms with Crippen LogP contribution in [-0.4, -0.2) is 46.4 Å². The highest BCUT2D eigenvalue weighted by molar-refractivity contribution is 5.77. The average molecular weight is 467 g/mol. The summed E-state index contributed by atoms with van der Waals surface area (Å²) in [5.74, 6) is 2.47. The molecule has 1 aliphatic carbocycles. The lowest BCUT2D eigenvalue weighted by Gasteiger charge is -2.11. The molecule has 1 aromatic carbocycles. The van der Waals surface area contributed by atoms with E-state index in [1.165, 1.54) is 0 Å². The summed E-state index contributed by atoms with van der Waals surface area (Å²) in [7, 11) is 1.61. The van der Waals surface area contributed by atoms with E-state index in [1.807, 2.05) is 11.6 Å². The first-order valence-electron chi connectivity index (χ1n) is 11.9. The maximum atomic E-state index is 5.54. The predicted octanol–water partition coefficient (Wildman–Crippen LogP) is 4.41. The number of hydrogen-bond donors (Lipinski definition) is 0. The molecule has 1 aliphatic rings. The van der Waals surface area contributed by atoms with Gasteiger partial charge in [0.05, 0.1) is 36.6 Å². The van der Waals surface area contributed by atoms with E-state index >= 15 is 0 Å². The van der Waals surface area contributed by atoms with Gasteiger partial charge >= 0.3 is 0 Å². The lowest BCUT2D eigenvalue weighted by Crippen LogP contribution is -2.05. The highest BCUT2D eigenvalue weighted by atomic mass is 16.5. The van der Waals surface area contributed by atoms with Crippen LogP contribution < -0.4 is 4.74 Å². The van der Waals surface area contributed by atoms with Crippen molar-refractivity contribution in [2.75, 3.05) is 7.11 Å². The Hall–Kier alpha value is -4.14. The van der Waals surface area contributed by atoms with E-state index in [1.54, 1.807) is 25.8 Å². The fourth-order valence-electron chi connectivity index (χ4n) is 4.47. The second-order valence-electron chi connectivity index (χ2n) is 8.88. The van der Waals surface area contributed by atoms with Gasteiger partial charge in [-0.2, -0.15) is 5.10 Å². The standard InChI is InChI=1S/C26H26N8O/c1-4-33-13-16(2)31-24(33)19-7-5-17(6-8-19)14-34-25-20(12-30-34)11-27-23(32-25)21-22(18-9-10-18)28-15-29-26(21)35-3/h5-8,11-13,15,18H,4,9-10,14H2,1-3H3. The molecule has 0 saturated heterocycles. The molecular weight excluding hydrogens is 440 g/mol. The molecule has 0 aliphatic heterocycles. The minimum absolute atomic E-state index is 0.414. The molecule has 9 nitrogen and oxygen atoms in total. The largest absolute Gasteiger partial charge is 0.480 e. The number of imidazole rings is 1. The molecule has 1 fully saturated rings. The third kappa shape index (κ3) is 3.92. The van der Waals surface area contributed by atoms with Crippen LogP contribution in [-0.2, 0) is 13.1 Å². The fraction of sp³-hybridized carbons (Fsp3) is 0.308. The van der Waals surface area contributed by atoms with Gasteiger partial charge in [-0.05, 0) is 32.3 Å². The number of aryl methyl sites for hydroxylation is 2. The number of ether oxygens (including phenoxy) is 1. The molecular formula is C26H26N8O. The molecule has 5 aromatic rings. The van der Waals surface area contributed by atoms with Crippen molar-refractivity contribution >= 4 is 11.0 Å². The van der Waals surface area contributed by atoms with E-state index in [4.69, 9.17) is 9.72 Å².